The summed E-state index contributed by atoms with van der Waals surface area (Å²) in [4.78, 5) is 24.1. The van der Waals surface area contributed by atoms with Gasteiger partial charge in [-0.2, -0.15) is 0 Å². The number of ketones is 1. The Bertz CT molecular complexity index is 293. The molecule has 0 aromatic carbocycles. The number of amides is 1. The van der Waals surface area contributed by atoms with Gasteiger partial charge in [0.1, 0.15) is 0 Å². The van der Waals surface area contributed by atoms with Gasteiger partial charge in [-0.15, -0.1) is 0 Å². The van der Waals surface area contributed by atoms with E-state index in [1.807, 2.05) is 0 Å². The largest absolute Gasteiger partial charge is 0.332 e. The molecule has 0 saturated heterocycles. The lowest BCUT2D eigenvalue weighted by molar-refractivity contribution is -0.143. The first-order chi connectivity index (χ1) is 6.20. The van der Waals surface area contributed by atoms with E-state index in [1.165, 1.54) is 0 Å². The number of carbonyl (C=O) groups is 2. The number of rotatable bonds is 0. The minimum absolute atomic E-state index is 0.207. The van der Waals surface area contributed by atoms with E-state index in [0.29, 0.717) is 0 Å². The maximum atomic E-state index is 11.3. The molecular formula is C10H13NO2. The van der Waals surface area contributed by atoms with Crippen LogP contribution in [0, 0.1) is 0 Å². The van der Waals surface area contributed by atoms with Crippen LogP contribution in [0.15, 0.2) is 11.6 Å². The third-order valence-electron chi connectivity index (χ3n) is 2.94. The first-order valence-corrected chi connectivity index (χ1v) is 4.72. The van der Waals surface area contributed by atoms with Crippen molar-refractivity contribution < 1.29 is 9.59 Å². The molecule has 2 rings (SSSR count). The lowest BCUT2D eigenvalue weighted by Crippen LogP contribution is -2.46. The van der Waals surface area contributed by atoms with Crippen LogP contribution in [0.3, 0.4) is 0 Å². The van der Waals surface area contributed by atoms with Gasteiger partial charge < -0.3 is 4.90 Å². The van der Waals surface area contributed by atoms with E-state index in [0.717, 1.165) is 31.3 Å². The molecule has 3 nitrogen and oxygen atoms in total. The van der Waals surface area contributed by atoms with Crippen LogP contribution in [0.1, 0.15) is 25.7 Å². The molecule has 1 amide bonds. The first kappa shape index (κ1) is 8.48. The normalized spacial score (nSPS) is 28.5. The minimum atomic E-state index is -0.351. The van der Waals surface area contributed by atoms with Crippen molar-refractivity contribution in [2.24, 2.45) is 0 Å². The molecule has 1 heterocycles. The van der Waals surface area contributed by atoms with Gasteiger partial charge >= 0.3 is 0 Å². The summed E-state index contributed by atoms with van der Waals surface area (Å²) in [7, 11) is 1.73. The summed E-state index contributed by atoms with van der Waals surface area (Å²) < 4.78 is 0. The SMILES string of the molecule is CN1C(=O)C(=O)C=C2CCCCC21. The Balaban J connectivity index is 2.32. The second-order valence-corrected chi connectivity index (χ2v) is 3.76. The van der Waals surface area contributed by atoms with Gasteiger partial charge in [0.25, 0.3) is 5.91 Å². The third-order valence-corrected chi connectivity index (χ3v) is 2.94. The van der Waals surface area contributed by atoms with Gasteiger partial charge in [-0.3, -0.25) is 9.59 Å². The lowest BCUT2D eigenvalue weighted by atomic mass is 9.86. The van der Waals surface area contributed by atoms with Crippen LogP contribution in [-0.2, 0) is 9.59 Å². The third kappa shape index (κ3) is 1.28. The van der Waals surface area contributed by atoms with Crippen molar-refractivity contribution in [3.05, 3.63) is 11.6 Å². The lowest BCUT2D eigenvalue weighted by Gasteiger charge is -2.35. The van der Waals surface area contributed by atoms with Gasteiger partial charge in [-0.05, 0) is 30.9 Å². The summed E-state index contributed by atoms with van der Waals surface area (Å²) in [5.74, 6) is -0.702. The van der Waals surface area contributed by atoms with Gasteiger partial charge in [0.2, 0.25) is 5.78 Å². The summed E-state index contributed by atoms with van der Waals surface area (Å²) in [5, 5.41) is 0. The average molecular weight is 179 g/mol. The Morgan fingerprint density at radius 3 is 2.92 bits per heavy atom. The van der Waals surface area contributed by atoms with Crippen molar-refractivity contribution in [3.63, 3.8) is 0 Å². The molecule has 70 valence electrons. The number of hydrogen-bond acceptors (Lipinski definition) is 2. The quantitative estimate of drug-likeness (QED) is 0.518. The Morgan fingerprint density at radius 2 is 2.15 bits per heavy atom. The topological polar surface area (TPSA) is 37.4 Å². The molecular weight excluding hydrogens is 166 g/mol. The molecule has 1 saturated carbocycles. The fraction of sp³-hybridized carbons (Fsp3) is 0.600. The highest BCUT2D eigenvalue weighted by molar-refractivity contribution is 6.41. The van der Waals surface area contributed by atoms with Gasteiger partial charge in [0, 0.05) is 7.05 Å². The molecule has 0 spiro atoms. The fourth-order valence-electron chi connectivity index (χ4n) is 2.18. The monoisotopic (exact) mass is 179 g/mol. The van der Waals surface area contributed by atoms with Crippen LogP contribution in [0.5, 0.6) is 0 Å². The molecule has 1 aliphatic carbocycles. The zero-order valence-electron chi connectivity index (χ0n) is 7.75. The molecule has 1 unspecified atom stereocenters. The molecule has 13 heavy (non-hydrogen) atoms. The van der Waals surface area contributed by atoms with Crippen LogP contribution in [-0.4, -0.2) is 29.7 Å². The van der Waals surface area contributed by atoms with Crippen molar-refractivity contribution in [1.29, 1.82) is 0 Å². The molecule has 3 heteroatoms. The standard InChI is InChI=1S/C10H13NO2/c1-11-8-5-3-2-4-7(8)6-9(12)10(11)13/h6,8H,2-5H2,1H3. The highest BCUT2D eigenvalue weighted by Gasteiger charge is 2.33. The zero-order valence-corrected chi connectivity index (χ0v) is 7.75. The summed E-state index contributed by atoms with van der Waals surface area (Å²) >= 11 is 0. The molecule has 0 aromatic heterocycles. The minimum Gasteiger partial charge on any atom is -0.332 e. The molecule has 1 aliphatic heterocycles. The number of carbonyl (C=O) groups excluding carboxylic acids is 2. The van der Waals surface area contributed by atoms with E-state index in [9.17, 15) is 9.59 Å². The van der Waals surface area contributed by atoms with Gasteiger partial charge in [-0.1, -0.05) is 6.42 Å². The molecule has 0 N–H and O–H groups in total. The van der Waals surface area contributed by atoms with Gasteiger partial charge in [-0.25, -0.2) is 0 Å². The molecule has 0 aromatic rings. The molecule has 0 bridgehead atoms. The predicted octanol–water partition coefficient (Wildman–Crippen LogP) is 0.896. The Labute approximate surface area is 77.4 Å². The smallest absolute Gasteiger partial charge is 0.294 e. The van der Waals surface area contributed by atoms with Crippen LogP contribution in [0.25, 0.3) is 0 Å². The summed E-state index contributed by atoms with van der Waals surface area (Å²) in [6, 6.07) is 0.207. The second-order valence-electron chi connectivity index (χ2n) is 3.76. The summed E-state index contributed by atoms with van der Waals surface area (Å²) in [6.45, 7) is 0. The van der Waals surface area contributed by atoms with E-state index in [-0.39, 0.29) is 17.7 Å². The molecule has 1 atom stereocenters. The van der Waals surface area contributed by atoms with Crippen molar-refractivity contribution in [1.82, 2.24) is 4.90 Å². The summed E-state index contributed by atoms with van der Waals surface area (Å²) in [6.07, 6.45) is 5.85. The molecule has 0 radical (unpaired) electrons. The number of likely N-dealkylation sites (N-methyl/N-ethyl adjacent to an activating group) is 1. The van der Waals surface area contributed by atoms with Crippen LogP contribution in [0.2, 0.25) is 0 Å². The zero-order chi connectivity index (χ0) is 9.42. The van der Waals surface area contributed by atoms with Gasteiger partial charge in [0.05, 0.1) is 6.04 Å². The molecule has 1 fully saturated rings. The van der Waals surface area contributed by atoms with Crippen molar-refractivity contribution in [2.45, 2.75) is 31.7 Å². The van der Waals surface area contributed by atoms with E-state index in [4.69, 9.17) is 0 Å². The van der Waals surface area contributed by atoms with E-state index in [2.05, 4.69) is 0 Å². The maximum Gasteiger partial charge on any atom is 0.294 e. The van der Waals surface area contributed by atoms with E-state index in [1.54, 1.807) is 18.0 Å². The van der Waals surface area contributed by atoms with Gasteiger partial charge in [0.15, 0.2) is 0 Å². The predicted molar refractivity (Wildman–Crippen MR) is 48.1 cm³/mol. The van der Waals surface area contributed by atoms with Crippen LogP contribution in [0.4, 0.5) is 0 Å². The number of fused-ring (bicyclic) bond motifs is 1. The Hall–Kier alpha value is -1.12. The number of nitrogens with zero attached hydrogens (tertiary/aromatic N) is 1. The van der Waals surface area contributed by atoms with Crippen molar-refractivity contribution in [2.75, 3.05) is 7.05 Å². The van der Waals surface area contributed by atoms with Crippen molar-refractivity contribution in [3.8, 4) is 0 Å². The highest BCUT2D eigenvalue weighted by Crippen LogP contribution is 2.29. The van der Waals surface area contributed by atoms with E-state index >= 15 is 0 Å². The fourth-order valence-corrected chi connectivity index (χ4v) is 2.18. The Kier molecular flexibility index (Phi) is 1.94. The maximum absolute atomic E-state index is 11.3. The average Bonchev–Trinajstić information content (AvgIpc) is 2.15. The number of hydrogen-bond donors (Lipinski definition) is 0. The van der Waals surface area contributed by atoms with E-state index < -0.39 is 0 Å². The second kappa shape index (κ2) is 2.98. The Morgan fingerprint density at radius 1 is 1.38 bits per heavy atom. The molecule has 2 aliphatic rings. The van der Waals surface area contributed by atoms with Crippen LogP contribution >= 0.6 is 0 Å². The first-order valence-electron chi connectivity index (χ1n) is 4.72. The van der Waals surface area contributed by atoms with Crippen LogP contribution < -0.4 is 0 Å². The highest BCUT2D eigenvalue weighted by atomic mass is 16.2. The van der Waals surface area contributed by atoms with Crippen molar-refractivity contribution >= 4 is 11.7 Å². The summed E-state index contributed by atoms with van der Waals surface area (Å²) in [5.41, 5.74) is 1.15.